The van der Waals surface area contributed by atoms with Crippen molar-refractivity contribution in [2.45, 2.75) is 12.1 Å². The number of methoxy groups -OCH3 is 1. The monoisotopic (exact) mass is 257 g/mol. The molecule has 1 amide bonds. The SMILES string of the molecule is COC(=O)C(Cl)NC(=O)OCc1ccccc1. The van der Waals surface area contributed by atoms with Gasteiger partial charge in [0, 0.05) is 0 Å². The number of rotatable bonds is 4. The number of hydrogen-bond acceptors (Lipinski definition) is 4. The van der Waals surface area contributed by atoms with Gasteiger partial charge in [-0.05, 0) is 5.56 Å². The van der Waals surface area contributed by atoms with Gasteiger partial charge in [0.2, 0.25) is 5.50 Å². The summed E-state index contributed by atoms with van der Waals surface area (Å²) in [5.41, 5.74) is -0.407. The number of alkyl halides is 1. The number of alkyl carbamates (subject to hydrolysis) is 1. The van der Waals surface area contributed by atoms with E-state index in [0.717, 1.165) is 5.56 Å². The van der Waals surface area contributed by atoms with E-state index < -0.39 is 17.6 Å². The second kappa shape index (κ2) is 6.75. The van der Waals surface area contributed by atoms with E-state index in [1.54, 1.807) is 0 Å². The largest absolute Gasteiger partial charge is 0.467 e. The number of ether oxygens (including phenoxy) is 2. The summed E-state index contributed by atoms with van der Waals surface area (Å²) in [5, 5.41) is 2.13. The lowest BCUT2D eigenvalue weighted by Gasteiger charge is -2.10. The first-order valence-electron chi connectivity index (χ1n) is 4.82. The lowest BCUT2D eigenvalue weighted by atomic mass is 10.2. The van der Waals surface area contributed by atoms with Crippen LogP contribution in [0.15, 0.2) is 30.3 Å². The highest BCUT2D eigenvalue weighted by Crippen LogP contribution is 2.01. The first kappa shape index (κ1) is 13.3. The molecule has 0 aliphatic heterocycles. The van der Waals surface area contributed by atoms with Gasteiger partial charge in [-0.15, -0.1) is 0 Å². The number of nitrogens with one attached hydrogen (secondary N) is 1. The van der Waals surface area contributed by atoms with Crippen molar-refractivity contribution >= 4 is 23.7 Å². The molecule has 1 N–H and O–H groups in total. The van der Waals surface area contributed by atoms with Gasteiger partial charge in [-0.1, -0.05) is 41.9 Å². The highest BCUT2D eigenvalue weighted by atomic mass is 35.5. The van der Waals surface area contributed by atoms with Gasteiger partial charge in [0.25, 0.3) is 0 Å². The molecule has 1 aromatic carbocycles. The Morgan fingerprint density at radius 3 is 2.59 bits per heavy atom. The molecule has 0 aromatic heterocycles. The normalized spacial score (nSPS) is 11.4. The highest BCUT2D eigenvalue weighted by molar-refractivity contribution is 6.30. The van der Waals surface area contributed by atoms with Crippen molar-refractivity contribution in [1.82, 2.24) is 5.32 Å². The zero-order valence-electron chi connectivity index (χ0n) is 9.18. The topological polar surface area (TPSA) is 64.6 Å². The summed E-state index contributed by atoms with van der Waals surface area (Å²) >= 11 is 5.52. The standard InChI is InChI=1S/C11H12ClNO4/c1-16-10(14)9(12)13-11(15)17-7-8-5-3-2-4-6-8/h2-6,9H,7H2,1H3,(H,13,15). The van der Waals surface area contributed by atoms with E-state index in [-0.39, 0.29) is 6.61 Å². The fraction of sp³-hybridized carbons (Fsp3) is 0.273. The Labute approximate surface area is 104 Å². The molecule has 1 unspecified atom stereocenters. The summed E-state index contributed by atoms with van der Waals surface area (Å²) in [6, 6.07) is 9.14. The molecule has 0 aliphatic carbocycles. The lowest BCUT2D eigenvalue weighted by molar-refractivity contribution is -0.140. The average Bonchev–Trinajstić information content (AvgIpc) is 2.36. The number of carbonyl (C=O) groups is 2. The van der Waals surface area contributed by atoms with Crippen LogP contribution in [0.3, 0.4) is 0 Å². The first-order chi connectivity index (χ1) is 8.13. The first-order valence-corrected chi connectivity index (χ1v) is 5.26. The van der Waals surface area contributed by atoms with Gasteiger partial charge >= 0.3 is 12.1 Å². The van der Waals surface area contributed by atoms with Crippen LogP contribution in [-0.4, -0.2) is 24.7 Å². The van der Waals surface area contributed by atoms with E-state index in [1.165, 1.54) is 7.11 Å². The Kier molecular flexibility index (Phi) is 5.29. The summed E-state index contributed by atoms with van der Waals surface area (Å²) in [6.07, 6.45) is -0.778. The quantitative estimate of drug-likeness (QED) is 0.506. The number of halogens is 1. The Balaban J connectivity index is 2.33. The Bertz CT molecular complexity index is 382. The fourth-order valence-corrected chi connectivity index (χ4v) is 1.21. The van der Waals surface area contributed by atoms with E-state index >= 15 is 0 Å². The smallest absolute Gasteiger partial charge is 0.409 e. The van der Waals surface area contributed by atoms with Crippen LogP contribution in [0.4, 0.5) is 4.79 Å². The van der Waals surface area contributed by atoms with Crippen LogP contribution in [0.1, 0.15) is 5.56 Å². The molecule has 1 aromatic rings. The molecule has 0 saturated heterocycles. The predicted molar refractivity (Wildman–Crippen MR) is 61.4 cm³/mol. The molecular formula is C11H12ClNO4. The third kappa shape index (κ3) is 4.74. The summed E-state index contributed by atoms with van der Waals surface area (Å²) in [5.74, 6) is -0.747. The third-order valence-corrected chi connectivity index (χ3v) is 2.15. The van der Waals surface area contributed by atoms with Crippen molar-refractivity contribution in [2.24, 2.45) is 0 Å². The molecule has 0 spiro atoms. The van der Waals surface area contributed by atoms with E-state index in [2.05, 4.69) is 10.1 Å². The average molecular weight is 258 g/mol. The van der Waals surface area contributed by atoms with E-state index in [1.807, 2.05) is 30.3 Å². The van der Waals surface area contributed by atoms with Gasteiger partial charge in [-0.2, -0.15) is 0 Å². The predicted octanol–water partition coefficient (Wildman–Crippen LogP) is 1.65. The summed E-state index contributed by atoms with van der Waals surface area (Å²) in [7, 11) is 1.18. The van der Waals surface area contributed by atoms with Crippen LogP contribution in [0.25, 0.3) is 0 Å². The minimum atomic E-state index is -1.25. The molecule has 0 aliphatic rings. The second-order valence-electron chi connectivity index (χ2n) is 3.09. The van der Waals surface area contributed by atoms with Crippen molar-refractivity contribution < 1.29 is 19.1 Å². The number of carbonyl (C=O) groups excluding carboxylic acids is 2. The highest BCUT2D eigenvalue weighted by Gasteiger charge is 2.18. The van der Waals surface area contributed by atoms with Gasteiger partial charge < -0.3 is 9.47 Å². The number of hydrogen-bond donors (Lipinski definition) is 1. The summed E-state index contributed by atoms with van der Waals surface area (Å²) in [4.78, 5) is 22.1. The molecule has 0 heterocycles. The van der Waals surface area contributed by atoms with Gasteiger partial charge in [0.1, 0.15) is 6.61 Å². The van der Waals surface area contributed by atoms with Crippen molar-refractivity contribution in [2.75, 3.05) is 7.11 Å². The molecule has 0 radical (unpaired) electrons. The Morgan fingerprint density at radius 2 is 2.00 bits per heavy atom. The molecule has 1 atom stereocenters. The maximum Gasteiger partial charge on any atom is 0.409 e. The number of amides is 1. The van der Waals surface area contributed by atoms with Crippen molar-refractivity contribution in [3.8, 4) is 0 Å². The maximum absolute atomic E-state index is 11.2. The minimum absolute atomic E-state index is 0.109. The molecule has 1 rings (SSSR count). The van der Waals surface area contributed by atoms with Gasteiger partial charge in [0.15, 0.2) is 0 Å². The van der Waals surface area contributed by atoms with Crippen LogP contribution in [0.2, 0.25) is 0 Å². The zero-order chi connectivity index (χ0) is 12.7. The van der Waals surface area contributed by atoms with Crippen LogP contribution in [0, 0.1) is 0 Å². The van der Waals surface area contributed by atoms with Crippen LogP contribution >= 0.6 is 11.6 Å². The fourth-order valence-electron chi connectivity index (χ4n) is 1.03. The van der Waals surface area contributed by atoms with Gasteiger partial charge in [-0.25, -0.2) is 9.59 Å². The molecule has 92 valence electrons. The van der Waals surface area contributed by atoms with Crippen LogP contribution in [0.5, 0.6) is 0 Å². The molecule has 0 fully saturated rings. The molecule has 0 saturated carbocycles. The number of esters is 1. The van der Waals surface area contributed by atoms with Gasteiger partial charge in [-0.3, -0.25) is 5.32 Å². The molecule has 6 heteroatoms. The van der Waals surface area contributed by atoms with Crippen LogP contribution < -0.4 is 5.32 Å². The van der Waals surface area contributed by atoms with Crippen LogP contribution in [-0.2, 0) is 20.9 Å². The van der Waals surface area contributed by atoms with E-state index in [4.69, 9.17) is 16.3 Å². The minimum Gasteiger partial charge on any atom is -0.467 e. The summed E-state index contributed by atoms with van der Waals surface area (Å²) in [6.45, 7) is 0.109. The second-order valence-corrected chi connectivity index (χ2v) is 3.53. The number of benzene rings is 1. The lowest BCUT2D eigenvalue weighted by Crippen LogP contribution is -2.37. The van der Waals surface area contributed by atoms with Gasteiger partial charge in [0.05, 0.1) is 7.11 Å². The van der Waals surface area contributed by atoms with E-state index in [0.29, 0.717) is 0 Å². The maximum atomic E-state index is 11.2. The zero-order valence-corrected chi connectivity index (χ0v) is 9.94. The van der Waals surface area contributed by atoms with E-state index in [9.17, 15) is 9.59 Å². The molecule has 5 nitrogen and oxygen atoms in total. The molecular weight excluding hydrogens is 246 g/mol. The van der Waals surface area contributed by atoms with Crippen molar-refractivity contribution in [3.05, 3.63) is 35.9 Å². The van der Waals surface area contributed by atoms with Crippen molar-refractivity contribution in [1.29, 1.82) is 0 Å². The third-order valence-electron chi connectivity index (χ3n) is 1.87. The van der Waals surface area contributed by atoms with Crippen molar-refractivity contribution in [3.63, 3.8) is 0 Å². The summed E-state index contributed by atoms with van der Waals surface area (Å²) < 4.78 is 9.19. The Hall–Kier alpha value is -1.75. The Morgan fingerprint density at radius 1 is 1.35 bits per heavy atom. The molecule has 17 heavy (non-hydrogen) atoms. The molecule has 0 bridgehead atoms.